The van der Waals surface area contributed by atoms with Crippen molar-refractivity contribution in [1.82, 2.24) is 4.98 Å². The lowest BCUT2D eigenvalue weighted by Crippen LogP contribution is -2.13. The van der Waals surface area contributed by atoms with Gasteiger partial charge in [0, 0.05) is 11.9 Å². The van der Waals surface area contributed by atoms with E-state index in [4.69, 9.17) is 23.2 Å². The quantitative estimate of drug-likeness (QED) is 0.862. The zero-order valence-electron chi connectivity index (χ0n) is 10.3. The maximum Gasteiger partial charge on any atom is 0.257 e. The van der Waals surface area contributed by atoms with Crippen LogP contribution in [0.25, 0.3) is 0 Å². The number of aromatic nitrogens is 1. The maximum atomic E-state index is 12.1. The van der Waals surface area contributed by atoms with E-state index in [-0.39, 0.29) is 16.1 Å². The number of carbonyl (C=O) groups excluding carboxylic acids is 1. The number of amides is 1. The molecule has 3 nitrogen and oxygen atoms in total. The second-order valence-electron chi connectivity index (χ2n) is 3.96. The van der Waals surface area contributed by atoms with Crippen molar-refractivity contribution in [2.45, 2.75) is 13.3 Å². The van der Waals surface area contributed by atoms with Gasteiger partial charge in [-0.3, -0.25) is 4.79 Å². The van der Waals surface area contributed by atoms with Crippen LogP contribution >= 0.6 is 23.2 Å². The number of pyridine rings is 1. The molecule has 0 aliphatic rings. The summed E-state index contributed by atoms with van der Waals surface area (Å²) in [5.41, 5.74) is 2.24. The Morgan fingerprint density at radius 2 is 2.05 bits per heavy atom. The van der Waals surface area contributed by atoms with Crippen LogP contribution in [0.5, 0.6) is 0 Å². The third kappa shape index (κ3) is 3.25. The summed E-state index contributed by atoms with van der Waals surface area (Å²) in [7, 11) is 0. The highest BCUT2D eigenvalue weighted by Gasteiger charge is 2.10. The van der Waals surface area contributed by atoms with Crippen LogP contribution in [-0.4, -0.2) is 10.9 Å². The van der Waals surface area contributed by atoms with E-state index in [0.29, 0.717) is 5.56 Å². The maximum absolute atomic E-state index is 12.1. The summed E-state index contributed by atoms with van der Waals surface area (Å²) in [5, 5.41) is 3.29. The largest absolute Gasteiger partial charge is 0.322 e. The number of anilines is 1. The van der Waals surface area contributed by atoms with Gasteiger partial charge in [0.25, 0.3) is 5.91 Å². The summed E-state index contributed by atoms with van der Waals surface area (Å²) in [6.07, 6.45) is 2.24. The van der Waals surface area contributed by atoms with Gasteiger partial charge in [-0.15, -0.1) is 0 Å². The molecule has 0 aliphatic carbocycles. The topological polar surface area (TPSA) is 42.0 Å². The Bertz CT molecular complexity index is 614. The van der Waals surface area contributed by atoms with Crippen LogP contribution in [-0.2, 0) is 6.42 Å². The van der Waals surface area contributed by atoms with Gasteiger partial charge in [-0.05, 0) is 24.1 Å². The van der Waals surface area contributed by atoms with Crippen LogP contribution < -0.4 is 5.32 Å². The predicted octanol–water partition coefficient (Wildman–Crippen LogP) is 4.20. The standard InChI is InChI=1S/C14H12Cl2N2O/c1-2-9-5-3-4-6-12(9)18-14(19)10-7-11(15)13(16)17-8-10/h3-8H,2H2,1H3,(H,18,19). The average Bonchev–Trinajstić information content (AvgIpc) is 2.42. The molecular weight excluding hydrogens is 283 g/mol. The predicted molar refractivity (Wildman–Crippen MR) is 78.0 cm³/mol. The molecule has 0 fully saturated rings. The SMILES string of the molecule is CCc1ccccc1NC(=O)c1cnc(Cl)c(Cl)c1. The smallest absolute Gasteiger partial charge is 0.257 e. The van der Waals surface area contributed by atoms with Crippen molar-refractivity contribution in [2.24, 2.45) is 0 Å². The first kappa shape index (κ1) is 13.8. The molecule has 0 radical (unpaired) electrons. The molecule has 0 unspecified atom stereocenters. The average molecular weight is 295 g/mol. The number of hydrogen-bond donors (Lipinski definition) is 1. The molecule has 0 aliphatic heterocycles. The molecule has 2 aromatic rings. The van der Waals surface area contributed by atoms with Gasteiger partial charge < -0.3 is 5.32 Å². The Morgan fingerprint density at radius 1 is 1.32 bits per heavy atom. The summed E-state index contributed by atoms with van der Waals surface area (Å²) in [4.78, 5) is 15.9. The summed E-state index contributed by atoms with van der Waals surface area (Å²) in [5.74, 6) is -0.257. The first-order valence-electron chi connectivity index (χ1n) is 5.82. The van der Waals surface area contributed by atoms with Crippen LogP contribution in [0.4, 0.5) is 5.69 Å². The fourth-order valence-corrected chi connectivity index (χ4v) is 1.96. The van der Waals surface area contributed by atoms with Crippen LogP contribution in [0.3, 0.4) is 0 Å². The fraction of sp³-hybridized carbons (Fsp3) is 0.143. The van der Waals surface area contributed by atoms with E-state index in [9.17, 15) is 4.79 Å². The lowest BCUT2D eigenvalue weighted by molar-refractivity contribution is 0.102. The molecule has 2 rings (SSSR count). The fourth-order valence-electron chi connectivity index (χ4n) is 1.69. The van der Waals surface area contributed by atoms with Gasteiger partial charge in [0.2, 0.25) is 0 Å². The van der Waals surface area contributed by atoms with Gasteiger partial charge >= 0.3 is 0 Å². The minimum atomic E-state index is -0.257. The minimum Gasteiger partial charge on any atom is -0.322 e. The third-order valence-electron chi connectivity index (χ3n) is 2.70. The molecule has 5 heteroatoms. The third-order valence-corrected chi connectivity index (χ3v) is 3.39. The Morgan fingerprint density at radius 3 is 2.74 bits per heavy atom. The van der Waals surface area contributed by atoms with Crippen molar-refractivity contribution in [3.05, 3.63) is 57.8 Å². The lowest BCUT2D eigenvalue weighted by Gasteiger charge is -2.09. The minimum absolute atomic E-state index is 0.187. The molecule has 0 atom stereocenters. The Kier molecular flexibility index (Phi) is 4.40. The van der Waals surface area contributed by atoms with E-state index < -0.39 is 0 Å². The molecule has 98 valence electrons. The van der Waals surface area contributed by atoms with E-state index in [1.807, 2.05) is 31.2 Å². The molecule has 1 aromatic carbocycles. The lowest BCUT2D eigenvalue weighted by atomic mass is 10.1. The second kappa shape index (κ2) is 6.04. The Labute approximate surface area is 121 Å². The van der Waals surface area contributed by atoms with E-state index in [1.54, 1.807) is 0 Å². The van der Waals surface area contributed by atoms with E-state index in [0.717, 1.165) is 17.7 Å². The van der Waals surface area contributed by atoms with Gasteiger partial charge in [0.1, 0.15) is 5.15 Å². The highest BCUT2D eigenvalue weighted by molar-refractivity contribution is 6.41. The van der Waals surface area contributed by atoms with Crippen molar-refractivity contribution >= 4 is 34.8 Å². The monoisotopic (exact) mass is 294 g/mol. The highest BCUT2D eigenvalue weighted by Crippen LogP contribution is 2.21. The molecule has 1 N–H and O–H groups in total. The van der Waals surface area contributed by atoms with Crippen molar-refractivity contribution in [1.29, 1.82) is 0 Å². The number of hydrogen-bond acceptors (Lipinski definition) is 2. The number of halogens is 2. The van der Waals surface area contributed by atoms with Gasteiger partial charge in [-0.25, -0.2) is 4.98 Å². The summed E-state index contributed by atoms with van der Waals surface area (Å²) in [6.45, 7) is 2.03. The number of para-hydroxylation sites is 1. The van der Waals surface area contributed by atoms with Gasteiger partial charge in [0.05, 0.1) is 10.6 Å². The molecule has 0 bridgehead atoms. The summed E-state index contributed by atoms with van der Waals surface area (Å²) in [6, 6.07) is 9.15. The molecule has 0 saturated heterocycles. The zero-order chi connectivity index (χ0) is 13.8. The van der Waals surface area contributed by atoms with E-state index >= 15 is 0 Å². The molecule has 1 heterocycles. The van der Waals surface area contributed by atoms with Crippen LogP contribution in [0.1, 0.15) is 22.8 Å². The number of aryl methyl sites for hydroxylation is 1. The molecule has 1 aromatic heterocycles. The summed E-state index contributed by atoms with van der Waals surface area (Å²) >= 11 is 11.6. The summed E-state index contributed by atoms with van der Waals surface area (Å²) < 4.78 is 0. The van der Waals surface area contributed by atoms with Gasteiger partial charge in [-0.2, -0.15) is 0 Å². The van der Waals surface area contributed by atoms with E-state index in [1.165, 1.54) is 12.3 Å². The zero-order valence-corrected chi connectivity index (χ0v) is 11.8. The number of benzene rings is 1. The normalized spacial score (nSPS) is 10.3. The van der Waals surface area contributed by atoms with Gasteiger partial charge in [0.15, 0.2) is 0 Å². The first-order valence-corrected chi connectivity index (χ1v) is 6.57. The van der Waals surface area contributed by atoms with Crippen molar-refractivity contribution in [3.8, 4) is 0 Å². The molecule has 1 amide bonds. The van der Waals surface area contributed by atoms with Crippen LogP contribution in [0, 0.1) is 0 Å². The number of carbonyl (C=O) groups is 1. The van der Waals surface area contributed by atoms with Crippen LogP contribution in [0.15, 0.2) is 36.5 Å². The Balaban J connectivity index is 2.23. The van der Waals surface area contributed by atoms with Crippen LogP contribution in [0.2, 0.25) is 10.2 Å². The number of nitrogens with one attached hydrogen (secondary N) is 1. The second-order valence-corrected chi connectivity index (χ2v) is 4.73. The number of nitrogens with zero attached hydrogens (tertiary/aromatic N) is 1. The molecule has 0 saturated carbocycles. The van der Waals surface area contributed by atoms with Crippen molar-refractivity contribution in [2.75, 3.05) is 5.32 Å². The van der Waals surface area contributed by atoms with Crippen molar-refractivity contribution < 1.29 is 4.79 Å². The van der Waals surface area contributed by atoms with Crippen molar-refractivity contribution in [3.63, 3.8) is 0 Å². The molecule has 0 spiro atoms. The van der Waals surface area contributed by atoms with E-state index in [2.05, 4.69) is 10.3 Å². The van der Waals surface area contributed by atoms with Gasteiger partial charge in [-0.1, -0.05) is 48.3 Å². The molecular formula is C14H12Cl2N2O. The highest BCUT2D eigenvalue weighted by atomic mass is 35.5. The molecule has 19 heavy (non-hydrogen) atoms. The number of rotatable bonds is 3. The first-order chi connectivity index (χ1) is 9.11. The Hall–Kier alpha value is -1.58.